The van der Waals surface area contributed by atoms with E-state index in [1.807, 2.05) is 35.9 Å². The number of hydrogen-bond acceptors (Lipinski definition) is 5. The van der Waals surface area contributed by atoms with Gasteiger partial charge in [-0.15, -0.1) is 11.3 Å². The van der Waals surface area contributed by atoms with Gasteiger partial charge in [0.15, 0.2) is 5.78 Å². The summed E-state index contributed by atoms with van der Waals surface area (Å²) in [7, 11) is 1.64. The van der Waals surface area contributed by atoms with Gasteiger partial charge >= 0.3 is 6.03 Å². The third-order valence-electron chi connectivity index (χ3n) is 6.03. The molecule has 2 aromatic rings. The molecular formula is C21H25N3O4S. The first-order valence-corrected chi connectivity index (χ1v) is 10.7. The Balaban J connectivity index is 1.58. The van der Waals surface area contributed by atoms with Crippen LogP contribution in [0.15, 0.2) is 17.5 Å². The fourth-order valence-corrected chi connectivity index (χ4v) is 5.52. The summed E-state index contributed by atoms with van der Waals surface area (Å²) < 4.78 is 7.15. The fourth-order valence-electron chi connectivity index (χ4n) is 4.52. The lowest BCUT2D eigenvalue weighted by atomic mass is 9.80. The van der Waals surface area contributed by atoms with E-state index in [0.717, 1.165) is 39.6 Å². The van der Waals surface area contributed by atoms with E-state index in [1.165, 1.54) is 0 Å². The van der Waals surface area contributed by atoms with E-state index in [1.54, 1.807) is 18.4 Å². The molecule has 2 aliphatic rings. The van der Waals surface area contributed by atoms with Gasteiger partial charge in [-0.1, -0.05) is 0 Å². The van der Waals surface area contributed by atoms with Gasteiger partial charge in [0.05, 0.1) is 13.2 Å². The first kappa shape index (κ1) is 19.8. The molecular weight excluding hydrogens is 390 g/mol. The van der Waals surface area contributed by atoms with Crippen LogP contribution in [0.3, 0.4) is 0 Å². The van der Waals surface area contributed by atoms with Gasteiger partial charge in [0.1, 0.15) is 5.54 Å². The number of nitrogens with one attached hydrogen (secondary N) is 1. The normalized spacial score (nSPS) is 21.0. The van der Waals surface area contributed by atoms with Crippen LogP contribution in [0.2, 0.25) is 0 Å². The Kier molecular flexibility index (Phi) is 5.08. The summed E-state index contributed by atoms with van der Waals surface area (Å²) in [5, 5.41) is 4.86. The third-order valence-corrected chi connectivity index (χ3v) is 7.01. The summed E-state index contributed by atoms with van der Waals surface area (Å²) in [6, 6.07) is 3.25. The molecule has 1 aliphatic heterocycles. The molecule has 29 heavy (non-hydrogen) atoms. The number of hydrogen-bond donors (Lipinski definition) is 1. The zero-order chi connectivity index (χ0) is 20.8. The molecule has 2 aromatic heterocycles. The van der Waals surface area contributed by atoms with Gasteiger partial charge in [-0.3, -0.25) is 14.5 Å². The number of nitrogens with zero attached hydrogens (tertiary/aromatic N) is 2. The van der Waals surface area contributed by atoms with Gasteiger partial charge in [-0.2, -0.15) is 0 Å². The van der Waals surface area contributed by atoms with Crippen molar-refractivity contribution in [1.82, 2.24) is 14.8 Å². The molecule has 3 amide bonds. The van der Waals surface area contributed by atoms with Crippen LogP contribution in [-0.4, -0.2) is 47.4 Å². The molecule has 4 rings (SSSR count). The van der Waals surface area contributed by atoms with Crippen molar-refractivity contribution in [3.05, 3.63) is 44.9 Å². The second-order valence-corrected chi connectivity index (χ2v) is 8.69. The molecule has 1 unspecified atom stereocenters. The van der Waals surface area contributed by atoms with Crippen LogP contribution in [0.5, 0.6) is 0 Å². The number of ether oxygens (including phenoxy) is 1. The number of urea groups is 1. The molecule has 0 saturated carbocycles. The van der Waals surface area contributed by atoms with E-state index >= 15 is 0 Å². The molecule has 3 heterocycles. The minimum Gasteiger partial charge on any atom is -0.383 e. The van der Waals surface area contributed by atoms with Crippen LogP contribution < -0.4 is 5.32 Å². The number of carbonyl (C=O) groups is 3. The maximum atomic E-state index is 13.3. The van der Waals surface area contributed by atoms with Gasteiger partial charge < -0.3 is 14.6 Å². The first-order chi connectivity index (χ1) is 13.9. The number of rotatable bonds is 6. The summed E-state index contributed by atoms with van der Waals surface area (Å²) in [4.78, 5) is 41.2. The predicted molar refractivity (Wildman–Crippen MR) is 109 cm³/mol. The second-order valence-electron chi connectivity index (χ2n) is 7.69. The average molecular weight is 416 g/mol. The zero-order valence-electron chi connectivity index (χ0n) is 16.9. The van der Waals surface area contributed by atoms with E-state index in [2.05, 4.69) is 5.32 Å². The number of methoxy groups -OCH3 is 1. The van der Waals surface area contributed by atoms with Gasteiger partial charge in [-0.05, 0) is 50.6 Å². The summed E-state index contributed by atoms with van der Waals surface area (Å²) >= 11 is 1.61. The van der Waals surface area contributed by atoms with Crippen LogP contribution in [0.25, 0.3) is 0 Å². The molecule has 7 nitrogen and oxygen atoms in total. The van der Waals surface area contributed by atoms with E-state index < -0.39 is 11.6 Å². The Morgan fingerprint density at radius 2 is 2.14 bits per heavy atom. The molecule has 1 fully saturated rings. The van der Waals surface area contributed by atoms with Crippen LogP contribution >= 0.6 is 11.3 Å². The van der Waals surface area contributed by atoms with Crippen molar-refractivity contribution in [1.29, 1.82) is 0 Å². The topological polar surface area (TPSA) is 80.6 Å². The maximum Gasteiger partial charge on any atom is 0.325 e. The molecule has 0 radical (unpaired) electrons. The average Bonchev–Trinajstić information content (AvgIpc) is 3.34. The monoisotopic (exact) mass is 415 g/mol. The predicted octanol–water partition coefficient (Wildman–Crippen LogP) is 2.78. The number of imide groups is 1. The van der Waals surface area contributed by atoms with Gasteiger partial charge in [-0.25, -0.2) is 4.79 Å². The Bertz CT molecular complexity index is 992. The van der Waals surface area contributed by atoms with Crippen LogP contribution in [0, 0.1) is 13.8 Å². The van der Waals surface area contributed by atoms with E-state index in [0.29, 0.717) is 25.1 Å². The molecule has 1 atom stereocenters. The summed E-state index contributed by atoms with van der Waals surface area (Å²) in [6.07, 6.45) is 2.32. The third kappa shape index (κ3) is 3.11. The quantitative estimate of drug-likeness (QED) is 0.581. The Morgan fingerprint density at radius 3 is 2.90 bits per heavy atom. The van der Waals surface area contributed by atoms with Crippen LogP contribution in [0.1, 0.15) is 45.0 Å². The SMILES string of the molecule is COCCn1c(C)cc(C(=O)CN2C(=O)NC3(CCCc4sccc43)C2=O)c1C. The largest absolute Gasteiger partial charge is 0.383 e. The number of thiophene rings is 1. The molecule has 1 spiro atoms. The van der Waals surface area contributed by atoms with Crippen molar-refractivity contribution >= 4 is 29.1 Å². The Hall–Kier alpha value is -2.45. The van der Waals surface area contributed by atoms with Crippen molar-refractivity contribution in [3.8, 4) is 0 Å². The number of amides is 3. The van der Waals surface area contributed by atoms with E-state index in [4.69, 9.17) is 4.74 Å². The van der Waals surface area contributed by atoms with Crippen molar-refractivity contribution in [2.75, 3.05) is 20.3 Å². The summed E-state index contributed by atoms with van der Waals surface area (Å²) in [6.45, 7) is 4.75. The van der Waals surface area contributed by atoms with E-state index in [-0.39, 0.29) is 18.2 Å². The molecule has 1 aliphatic carbocycles. The van der Waals surface area contributed by atoms with Crippen molar-refractivity contribution in [2.24, 2.45) is 0 Å². The van der Waals surface area contributed by atoms with Crippen LogP contribution in [-0.2, 0) is 28.0 Å². The highest BCUT2D eigenvalue weighted by atomic mass is 32.1. The molecule has 0 aromatic carbocycles. The number of fused-ring (bicyclic) bond motifs is 2. The summed E-state index contributed by atoms with van der Waals surface area (Å²) in [5.74, 6) is -0.549. The van der Waals surface area contributed by atoms with Crippen molar-refractivity contribution in [3.63, 3.8) is 0 Å². The molecule has 0 bridgehead atoms. The van der Waals surface area contributed by atoms with Gasteiger partial charge in [0, 0.05) is 41.0 Å². The lowest BCUT2D eigenvalue weighted by Crippen LogP contribution is -2.46. The number of ketones is 1. The van der Waals surface area contributed by atoms with Crippen molar-refractivity contribution in [2.45, 2.75) is 45.2 Å². The minimum absolute atomic E-state index is 0.233. The second kappa shape index (κ2) is 7.42. The molecule has 154 valence electrons. The number of aryl methyl sites for hydroxylation is 2. The zero-order valence-corrected chi connectivity index (χ0v) is 17.7. The number of carbonyl (C=O) groups excluding carboxylic acids is 3. The highest BCUT2D eigenvalue weighted by molar-refractivity contribution is 7.10. The number of Topliss-reactive ketones (excluding diaryl/α,β-unsaturated/α-hetero) is 1. The maximum absolute atomic E-state index is 13.3. The standard InChI is InChI=1S/C21H25N3O4S/c1-13-11-15(14(2)23(13)8-9-28-3)17(25)12-24-19(26)21(22-20(24)27)7-4-5-18-16(21)6-10-29-18/h6,10-11H,4-5,7-9,12H2,1-3H3,(H,22,27). The van der Waals surface area contributed by atoms with E-state index in [9.17, 15) is 14.4 Å². The Morgan fingerprint density at radius 1 is 1.34 bits per heavy atom. The van der Waals surface area contributed by atoms with Crippen molar-refractivity contribution < 1.29 is 19.1 Å². The van der Waals surface area contributed by atoms with Gasteiger partial charge in [0.25, 0.3) is 5.91 Å². The minimum atomic E-state index is -1.01. The number of aromatic nitrogens is 1. The smallest absolute Gasteiger partial charge is 0.325 e. The summed E-state index contributed by atoms with van der Waals surface area (Å²) in [5.41, 5.74) is 2.19. The lowest BCUT2D eigenvalue weighted by molar-refractivity contribution is -0.131. The first-order valence-electron chi connectivity index (χ1n) is 9.79. The molecule has 1 saturated heterocycles. The van der Waals surface area contributed by atoms with Crippen LogP contribution in [0.4, 0.5) is 4.79 Å². The Labute approximate surface area is 173 Å². The molecule has 1 N–H and O–H groups in total. The highest BCUT2D eigenvalue weighted by Gasteiger charge is 2.54. The fraction of sp³-hybridized carbons (Fsp3) is 0.476. The molecule has 8 heteroatoms. The highest BCUT2D eigenvalue weighted by Crippen LogP contribution is 2.42. The van der Waals surface area contributed by atoms with Gasteiger partial charge in [0.2, 0.25) is 0 Å². The lowest BCUT2D eigenvalue weighted by Gasteiger charge is -2.31.